The van der Waals surface area contributed by atoms with Crippen LogP contribution in [-0.4, -0.2) is 23.8 Å². The van der Waals surface area contributed by atoms with Gasteiger partial charge in [0.1, 0.15) is 0 Å². The molecule has 1 aromatic rings. The van der Waals surface area contributed by atoms with Crippen LogP contribution in [0.3, 0.4) is 0 Å². The Morgan fingerprint density at radius 3 is 2.93 bits per heavy atom. The lowest BCUT2D eigenvalue weighted by Crippen LogP contribution is -2.14. The second-order valence-electron chi connectivity index (χ2n) is 2.99. The lowest BCUT2D eigenvalue weighted by atomic mass is 10.1. The van der Waals surface area contributed by atoms with Crippen molar-refractivity contribution >= 4 is 5.69 Å². The normalized spacial score (nSPS) is 12.5. The van der Waals surface area contributed by atoms with Gasteiger partial charge in [0, 0.05) is 18.2 Å². The van der Waals surface area contributed by atoms with Crippen LogP contribution >= 0.6 is 0 Å². The molecule has 0 aliphatic carbocycles. The van der Waals surface area contributed by atoms with Gasteiger partial charge in [-0.05, 0) is 12.5 Å². The summed E-state index contributed by atoms with van der Waals surface area (Å²) in [7, 11) is 1.52. The molecule has 0 aromatic carbocycles. The van der Waals surface area contributed by atoms with Gasteiger partial charge in [0.2, 0.25) is 5.88 Å². The molecule has 0 bridgehead atoms. The van der Waals surface area contributed by atoms with Crippen molar-refractivity contribution in [1.29, 1.82) is 0 Å². The maximum Gasteiger partial charge on any atom is 0.217 e. The fourth-order valence-electron chi connectivity index (χ4n) is 1.22. The summed E-state index contributed by atoms with van der Waals surface area (Å²) in [6, 6.07) is 1.41. The largest absolute Gasteiger partial charge is 0.481 e. The van der Waals surface area contributed by atoms with Crippen LogP contribution in [-0.2, 0) is 0 Å². The van der Waals surface area contributed by atoms with Gasteiger partial charge >= 0.3 is 0 Å². The molecule has 0 saturated heterocycles. The van der Waals surface area contributed by atoms with Crippen molar-refractivity contribution in [1.82, 2.24) is 4.98 Å². The van der Waals surface area contributed by atoms with Gasteiger partial charge in [-0.15, -0.1) is 0 Å². The summed E-state index contributed by atoms with van der Waals surface area (Å²) in [5.74, 6) is 0.458. The van der Waals surface area contributed by atoms with Crippen LogP contribution in [0, 0.1) is 0 Å². The van der Waals surface area contributed by atoms with E-state index in [1.807, 2.05) is 0 Å². The lowest BCUT2D eigenvalue weighted by molar-refractivity contribution is 0.274. The highest BCUT2D eigenvalue weighted by Crippen LogP contribution is 2.24. The fraction of sp³-hybridized carbons (Fsp3) is 0.444. The quantitative estimate of drug-likeness (QED) is 0.634. The van der Waals surface area contributed by atoms with Crippen LogP contribution in [0.15, 0.2) is 12.3 Å². The standard InChI is InChI=1S/C9H15N3O2/c1-14-9-7(8(11)2-3-13)4-6(10)5-12-9/h4-5,8,13H,2-3,10-11H2,1H3. The highest BCUT2D eigenvalue weighted by atomic mass is 16.5. The van der Waals surface area contributed by atoms with Crippen molar-refractivity contribution in [3.8, 4) is 5.88 Å². The van der Waals surface area contributed by atoms with Gasteiger partial charge in [0.25, 0.3) is 0 Å². The lowest BCUT2D eigenvalue weighted by Gasteiger charge is -2.13. The first kappa shape index (κ1) is 10.7. The molecule has 0 fully saturated rings. The number of pyridine rings is 1. The minimum Gasteiger partial charge on any atom is -0.481 e. The second-order valence-corrected chi connectivity index (χ2v) is 2.99. The highest BCUT2D eigenvalue weighted by molar-refractivity contribution is 5.43. The van der Waals surface area contributed by atoms with Crippen molar-refractivity contribution in [2.75, 3.05) is 19.5 Å². The summed E-state index contributed by atoms with van der Waals surface area (Å²) in [6.45, 7) is 0.0269. The van der Waals surface area contributed by atoms with E-state index in [2.05, 4.69) is 4.98 Å². The number of nitrogens with two attached hydrogens (primary N) is 2. The zero-order valence-corrected chi connectivity index (χ0v) is 8.10. The van der Waals surface area contributed by atoms with E-state index in [9.17, 15) is 0 Å². The van der Waals surface area contributed by atoms with Crippen molar-refractivity contribution < 1.29 is 9.84 Å². The van der Waals surface area contributed by atoms with Gasteiger partial charge in [-0.25, -0.2) is 4.98 Å². The number of methoxy groups -OCH3 is 1. The highest BCUT2D eigenvalue weighted by Gasteiger charge is 2.12. The van der Waals surface area contributed by atoms with Gasteiger partial charge in [0.05, 0.1) is 19.0 Å². The average molecular weight is 197 g/mol. The van der Waals surface area contributed by atoms with Crippen LogP contribution in [0.2, 0.25) is 0 Å². The number of hydrogen-bond acceptors (Lipinski definition) is 5. The molecule has 0 amide bonds. The molecule has 14 heavy (non-hydrogen) atoms. The van der Waals surface area contributed by atoms with Gasteiger partial charge in [0.15, 0.2) is 0 Å². The Kier molecular flexibility index (Phi) is 3.67. The Bertz CT molecular complexity index is 304. The molecule has 0 aliphatic rings. The number of aliphatic hydroxyl groups excluding tert-OH is 1. The van der Waals surface area contributed by atoms with Crippen LogP contribution in [0.5, 0.6) is 5.88 Å². The first-order chi connectivity index (χ1) is 6.69. The van der Waals surface area contributed by atoms with Gasteiger partial charge in [-0.3, -0.25) is 0 Å². The zero-order chi connectivity index (χ0) is 10.6. The van der Waals surface area contributed by atoms with E-state index in [0.29, 0.717) is 18.0 Å². The molecular formula is C9H15N3O2. The molecule has 1 atom stereocenters. The monoisotopic (exact) mass is 197 g/mol. The van der Waals surface area contributed by atoms with E-state index in [0.717, 1.165) is 5.56 Å². The Balaban J connectivity index is 2.97. The Morgan fingerprint density at radius 2 is 2.36 bits per heavy atom. The van der Waals surface area contributed by atoms with Crippen molar-refractivity contribution in [3.05, 3.63) is 17.8 Å². The molecule has 0 saturated carbocycles. The predicted octanol–water partition coefficient (Wildman–Crippen LogP) is 0.0546. The van der Waals surface area contributed by atoms with Crippen molar-refractivity contribution in [2.24, 2.45) is 5.73 Å². The number of nitrogen functional groups attached to an aromatic ring is 1. The van der Waals surface area contributed by atoms with Crippen LogP contribution in [0.4, 0.5) is 5.69 Å². The number of ether oxygens (including phenoxy) is 1. The van der Waals surface area contributed by atoms with E-state index < -0.39 is 0 Å². The minimum atomic E-state index is -0.300. The molecule has 1 rings (SSSR count). The van der Waals surface area contributed by atoms with Gasteiger partial charge < -0.3 is 21.3 Å². The third kappa shape index (κ3) is 2.34. The Morgan fingerprint density at radius 1 is 1.64 bits per heavy atom. The summed E-state index contributed by atoms with van der Waals surface area (Å²) < 4.78 is 5.04. The molecule has 1 aromatic heterocycles. The predicted molar refractivity (Wildman–Crippen MR) is 53.8 cm³/mol. The fourth-order valence-corrected chi connectivity index (χ4v) is 1.22. The first-order valence-corrected chi connectivity index (χ1v) is 4.35. The van der Waals surface area contributed by atoms with Gasteiger partial charge in [-0.1, -0.05) is 0 Å². The topological polar surface area (TPSA) is 94.4 Å². The van der Waals surface area contributed by atoms with E-state index in [-0.39, 0.29) is 12.6 Å². The van der Waals surface area contributed by atoms with Crippen LogP contribution in [0.25, 0.3) is 0 Å². The molecule has 5 nitrogen and oxygen atoms in total. The summed E-state index contributed by atoms with van der Waals surface area (Å²) in [4.78, 5) is 3.99. The third-order valence-corrected chi connectivity index (χ3v) is 1.93. The maximum absolute atomic E-state index is 8.76. The Hall–Kier alpha value is -1.33. The van der Waals surface area contributed by atoms with E-state index in [1.165, 1.54) is 13.3 Å². The molecule has 0 spiro atoms. The average Bonchev–Trinajstić information content (AvgIpc) is 2.18. The molecule has 5 heteroatoms. The minimum absolute atomic E-state index is 0.0269. The van der Waals surface area contributed by atoms with Crippen molar-refractivity contribution in [2.45, 2.75) is 12.5 Å². The first-order valence-electron chi connectivity index (χ1n) is 4.35. The third-order valence-electron chi connectivity index (χ3n) is 1.93. The molecule has 0 aliphatic heterocycles. The number of nitrogens with zero attached hydrogens (tertiary/aromatic N) is 1. The molecule has 0 radical (unpaired) electrons. The summed E-state index contributed by atoms with van der Waals surface area (Å²) >= 11 is 0. The molecular weight excluding hydrogens is 182 g/mol. The van der Waals surface area contributed by atoms with Crippen LogP contribution in [0.1, 0.15) is 18.0 Å². The summed E-state index contributed by atoms with van der Waals surface area (Å²) in [5, 5.41) is 8.76. The molecule has 1 unspecified atom stereocenters. The summed E-state index contributed by atoms with van der Waals surface area (Å²) in [5.41, 5.74) is 12.7. The zero-order valence-electron chi connectivity index (χ0n) is 8.10. The van der Waals surface area contributed by atoms with E-state index in [4.69, 9.17) is 21.3 Å². The number of aromatic nitrogens is 1. The number of aliphatic hydroxyl groups is 1. The molecule has 5 N–H and O–H groups in total. The Labute approximate surface area is 82.7 Å². The molecule has 78 valence electrons. The second kappa shape index (κ2) is 4.78. The summed E-state index contributed by atoms with van der Waals surface area (Å²) in [6.07, 6.45) is 1.97. The number of anilines is 1. The van der Waals surface area contributed by atoms with E-state index >= 15 is 0 Å². The number of hydrogen-bond donors (Lipinski definition) is 3. The SMILES string of the molecule is COc1ncc(N)cc1C(N)CCO. The molecule has 1 heterocycles. The van der Waals surface area contributed by atoms with E-state index in [1.54, 1.807) is 6.07 Å². The number of rotatable bonds is 4. The smallest absolute Gasteiger partial charge is 0.217 e. The van der Waals surface area contributed by atoms with Crippen molar-refractivity contribution in [3.63, 3.8) is 0 Å². The maximum atomic E-state index is 8.76. The van der Waals surface area contributed by atoms with Crippen LogP contribution < -0.4 is 16.2 Å². The van der Waals surface area contributed by atoms with Gasteiger partial charge in [-0.2, -0.15) is 0 Å².